The molecule has 2 rings (SSSR count). The van der Waals surface area contributed by atoms with Crippen molar-refractivity contribution in [3.8, 4) is 0 Å². The topological polar surface area (TPSA) is 69.6 Å². The fourth-order valence-electron chi connectivity index (χ4n) is 3.58. The number of nitrogens with one attached hydrogen (secondary N) is 1. The first-order valence-electron chi connectivity index (χ1n) is 7.76. The molecular weight excluding hydrogens is 256 g/mol. The number of hydrogen-bond donors (Lipinski definition) is 2. The molecule has 1 aliphatic heterocycles. The fraction of sp³-hybridized carbons (Fsp3) is 0.867. The van der Waals surface area contributed by atoms with Crippen LogP contribution < -0.4 is 5.32 Å². The van der Waals surface area contributed by atoms with Crippen LogP contribution in [0.5, 0.6) is 0 Å². The van der Waals surface area contributed by atoms with Gasteiger partial charge >= 0.3 is 5.97 Å². The zero-order chi connectivity index (χ0) is 14.8. The Labute approximate surface area is 120 Å². The Hall–Kier alpha value is -1.10. The Morgan fingerprint density at radius 3 is 2.10 bits per heavy atom. The first kappa shape index (κ1) is 15.3. The number of likely N-dealkylation sites (tertiary alicyclic amines) is 1. The number of carbonyl (C=O) groups is 2. The highest BCUT2D eigenvalue weighted by Gasteiger charge is 2.47. The second-order valence-electron chi connectivity index (χ2n) is 6.47. The Morgan fingerprint density at radius 1 is 1.10 bits per heavy atom. The minimum Gasteiger partial charge on any atom is -0.480 e. The predicted octanol–water partition coefficient (Wildman–Crippen LogP) is 1.62. The van der Waals surface area contributed by atoms with Gasteiger partial charge in [0.1, 0.15) is 11.6 Å². The van der Waals surface area contributed by atoms with Crippen molar-refractivity contribution in [2.45, 2.75) is 64.0 Å². The van der Waals surface area contributed by atoms with Crippen LogP contribution in [0.25, 0.3) is 0 Å². The average molecular weight is 282 g/mol. The van der Waals surface area contributed by atoms with E-state index in [1.807, 2.05) is 13.8 Å². The van der Waals surface area contributed by atoms with Crippen molar-refractivity contribution in [1.29, 1.82) is 0 Å². The number of hydrogen-bond acceptors (Lipinski definition) is 3. The second-order valence-corrected chi connectivity index (χ2v) is 6.47. The number of aliphatic carboxylic acids is 1. The number of carboxylic acids is 1. The molecule has 0 unspecified atom stereocenters. The van der Waals surface area contributed by atoms with E-state index in [1.54, 1.807) is 0 Å². The minimum atomic E-state index is -0.942. The van der Waals surface area contributed by atoms with Crippen molar-refractivity contribution >= 4 is 11.9 Å². The van der Waals surface area contributed by atoms with E-state index < -0.39 is 17.6 Å². The molecule has 1 heterocycles. The summed E-state index contributed by atoms with van der Waals surface area (Å²) in [5.41, 5.74) is -0.445. The third-order valence-corrected chi connectivity index (χ3v) is 4.78. The Kier molecular flexibility index (Phi) is 4.68. The van der Waals surface area contributed by atoms with Crippen molar-refractivity contribution < 1.29 is 14.7 Å². The van der Waals surface area contributed by atoms with Gasteiger partial charge in [-0.3, -0.25) is 9.69 Å². The smallest absolute Gasteiger partial charge is 0.326 e. The lowest BCUT2D eigenvalue weighted by Gasteiger charge is -2.38. The van der Waals surface area contributed by atoms with Gasteiger partial charge in [0, 0.05) is 0 Å². The monoisotopic (exact) mass is 282 g/mol. The van der Waals surface area contributed by atoms with Gasteiger partial charge in [0.05, 0.1) is 0 Å². The lowest BCUT2D eigenvalue weighted by molar-refractivity contribution is -0.145. The molecule has 1 saturated heterocycles. The highest BCUT2D eigenvalue weighted by atomic mass is 16.4. The number of amides is 1. The van der Waals surface area contributed by atoms with Crippen LogP contribution in [0.15, 0.2) is 0 Å². The van der Waals surface area contributed by atoms with Gasteiger partial charge in [0.25, 0.3) is 0 Å². The summed E-state index contributed by atoms with van der Waals surface area (Å²) in [5, 5.41) is 12.1. The molecule has 0 spiro atoms. The Morgan fingerprint density at radius 2 is 1.65 bits per heavy atom. The van der Waals surface area contributed by atoms with E-state index in [0.717, 1.165) is 51.6 Å². The van der Waals surface area contributed by atoms with Gasteiger partial charge in [-0.2, -0.15) is 0 Å². The normalized spacial score (nSPS) is 23.9. The molecule has 2 aliphatic rings. The molecule has 1 atom stereocenters. The highest BCUT2D eigenvalue weighted by molar-refractivity contribution is 5.90. The third-order valence-electron chi connectivity index (χ3n) is 4.78. The van der Waals surface area contributed by atoms with Crippen LogP contribution in [-0.4, -0.2) is 46.6 Å². The first-order chi connectivity index (χ1) is 9.47. The van der Waals surface area contributed by atoms with Crippen LogP contribution in [0.4, 0.5) is 0 Å². The van der Waals surface area contributed by atoms with Gasteiger partial charge in [-0.25, -0.2) is 4.79 Å². The van der Waals surface area contributed by atoms with Crippen molar-refractivity contribution in [2.75, 3.05) is 13.1 Å². The third kappa shape index (κ3) is 2.82. The predicted molar refractivity (Wildman–Crippen MR) is 76.4 cm³/mol. The molecule has 5 nitrogen and oxygen atoms in total. The molecule has 20 heavy (non-hydrogen) atoms. The van der Waals surface area contributed by atoms with Crippen LogP contribution in [0.3, 0.4) is 0 Å². The number of rotatable bonds is 5. The maximum Gasteiger partial charge on any atom is 0.326 e. The van der Waals surface area contributed by atoms with E-state index in [4.69, 9.17) is 0 Å². The number of carboxylic acid groups (broad SMARTS) is 1. The molecule has 0 radical (unpaired) electrons. The standard InChI is InChI=1S/C15H26N2O3/c1-11(2)12(13(18)19)16-14(20)15(7-3-4-8-15)17-9-5-6-10-17/h11-12H,3-10H2,1-2H3,(H,16,20)(H,18,19)/t12-/m1/s1. The zero-order valence-corrected chi connectivity index (χ0v) is 12.5. The highest BCUT2D eigenvalue weighted by Crippen LogP contribution is 2.37. The molecule has 2 fully saturated rings. The molecule has 1 saturated carbocycles. The van der Waals surface area contributed by atoms with Crippen LogP contribution in [0, 0.1) is 5.92 Å². The molecule has 2 N–H and O–H groups in total. The molecule has 114 valence electrons. The molecule has 0 aromatic rings. The van der Waals surface area contributed by atoms with Crippen molar-refractivity contribution in [3.63, 3.8) is 0 Å². The van der Waals surface area contributed by atoms with Gasteiger partial charge in [0.2, 0.25) is 5.91 Å². The van der Waals surface area contributed by atoms with Gasteiger partial charge < -0.3 is 10.4 Å². The lowest BCUT2D eigenvalue weighted by atomic mass is 9.92. The summed E-state index contributed by atoms with van der Waals surface area (Å²) in [5.74, 6) is -1.12. The summed E-state index contributed by atoms with van der Waals surface area (Å²) in [6, 6.07) is -0.789. The van der Waals surface area contributed by atoms with Crippen LogP contribution in [-0.2, 0) is 9.59 Å². The first-order valence-corrected chi connectivity index (χ1v) is 7.76. The Balaban J connectivity index is 2.13. The molecule has 1 aliphatic carbocycles. The lowest BCUT2D eigenvalue weighted by Crippen LogP contribution is -2.59. The Bertz CT molecular complexity index is 369. The van der Waals surface area contributed by atoms with E-state index in [2.05, 4.69) is 10.2 Å². The fourth-order valence-corrected chi connectivity index (χ4v) is 3.58. The van der Waals surface area contributed by atoms with E-state index in [-0.39, 0.29) is 11.8 Å². The number of nitrogens with zero attached hydrogens (tertiary/aromatic N) is 1. The van der Waals surface area contributed by atoms with Crippen molar-refractivity contribution in [2.24, 2.45) is 5.92 Å². The largest absolute Gasteiger partial charge is 0.480 e. The minimum absolute atomic E-state index is 0.0713. The van der Waals surface area contributed by atoms with Gasteiger partial charge in [-0.15, -0.1) is 0 Å². The maximum absolute atomic E-state index is 12.8. The summed E-state index contributed by atoms with van der Waals surface area (Å²) in [7, 11) is 0. The van der Waals surface area contributed by atoms with Crippen LogP contribution in [0.2, 0.25) is 0 Å². The SMILES string of the molecule is CC(C)[C@@H](NC(=O)C1(N2CCCC2)CCCC1)C(=O)O. The summed E-state index contributed by atoms with van der Waals surface area (Å²) >= 11 is 0. The van der Waals surface area contributed by atoms with Gasteiger partial charge in [-0.1, -0.05) is 26.7 Å². The van der Waals surface area contributed by atoms with E-state index >= 15 is 0 Å². The molecule has 0 bridgehead atoms. The average Bonchev–Trinajstić information content (AvgIpc) is 3.04. The zero-order valence-electron chi connectivity index (χ0n) is 12.5. The van der Waals surface area contributed by atoms with Crippen molar-refractivity contribution in [1.82, 2.24) is 10.2 Å². The second kappa shape index (κ2) is 6.12. The molecule has 0 aromatic heterocycles. The van der Waals surface area contributed by atoms with Crippen LogP contribution in [0.1, 0.15) is 52.4 Å². The van der Waals surface area contributed by atoms with Crippen LogP contribution >= 0.6 is 0 Å². The maximum atomic E-state index is 12.8. The van der Waals surface area contributed by atoms with E-state index in [1.165, 1.54) is 0 Å². The molecule has 0 aromatic carbocycles. The van der Waals surface area contributed by atoms with Gasteiger partial charge in [0.15, 0.2) is 0 Å². The van der Waals surface area contributed by atoms with Gasteiger partial charge in [-0.05, 0) is 44.7 Å². The van der Waals surface area contributed by atoms with E-state index in [0.29, 0.717) is 0 Å². The summed E-state index contributed by atoms with van der Waals surface area (Å²) in [4.78, 5) is 26.3. The molecule has 5 heteroatoms. The molecular formula is C15H26N2O3. The van der Waals surface area contributed by atoms with E-state index in [9.17, 15) is 14.7 Å². The number of carbonyl (C=O) groups excluding carboxylic acids is 1. The summed E-state index contributed by atoms with van der Waals surface area (Å²) < 4.78 is 0. The quantitative estimate of drug-likeness (QED) is 0.804. The summed E-state index contributed by atoms with van der Waals surface area (Å²) in [6.07, 6.45) is 6.13. The molecule has 1 amide bonds. The van der Waals surface area contributed by atoms with Crippen molar-refractivity contribution in [3.05, 3.63) is 0 Å². The summed E-state index contributed by atoms with van der Waals surface area (Å²) in [6.45, 7) is 5.59.